The zero-order valence-corrected chi connectivity index (χ0v) is 39.1. The second-order valence-corrected chi connectivity index (χ2v) is 20.5. The summed E-state index contributed by atoms with van der Waals surface area (Å²) in [6, 6.07) is 71.2. The normalized spacial score (nSPS) is 12.5. The molecule has 9 aromatic carbocycles. The van der Waals surface area contributed by atoms with E-state index in [9.17, 15) is 5.26 Å². The van der Waals surface area contributed by atoms with Crippen molar-refractivity contribution in [3.05, 3.63) is 205 Å². The minimum atomic E-state index is -0.0246. The molecule has 0 radical (unpaired) electrons. The highest BCUT2D eigenvalue weighted by Crippen LogP contribution is 2.47. The number of fused-ring (bicyclic) bond motifs is 14. The van der Waals surface area contributed by atoms with Gasteiger partial charge < -0.3 is 18.3 Å². The number of benzene rings is 9. The Kier molecular flexibility index (Phi) is 8.43. The number of rotatable bonds is 4. The Labute approximate surface area is 394 Å². The molecule has 4 heterocycles. The lowest BCUT2D eigenvalue weighted by molar-refractivity contribution is 0.590. The number of hydrogen-bond donors (Lipinski definition) is 0. The van der Waals surface area contributed by atoms with E-state index in [0.717, 1.165) is 44.8 Å². The second kappa shape index (κ2) is 14.3. The summed E-state index contributed by atoms with van der Waals surface area (Å²) in [6.07, 6.45) is 0. The van der Waals surface area contributed by atoms with Gasteiger partial charge in [0.2, 0.25) is 0 Å². The molecule has 0 saturated carbocycles. The summed E-state index contributed by atoms with van der Waals surface area (Å²) in [5.74, 6) is 0. The van der Waals surface area contributed by atoms with Gasteiger partial charge in [0.15, 0.2) is 0 Å². The molecule has 68 heavy (non-hydrogen) atoms. The third kappa shape index (κ3) is 5.67. The molecule has 0 unspecified atom stereocenters. The summed E-state index contributed by atoms with van der Waals surface area (Å²) in [7, 11) is 0. The first-order valence-electron chi connectivity index (χ1n) is 23.7. The van der Waals surface area contributed by atoms with Crippen LogP contribution in [0.5, 0.6) is 0 Å². The van der Waals surface area contributed by atoms with E-state index in [4.69, 9.17) is 0 Å². The lowest BCUT2D eigenvalue weighted by Crippen LogP contribution is -2.10. The first kappa shape index (κ1) is 40.0. The molecule has 4 aromatic heterocycles. The van der Waals surface area contributed by atoms with Gasteiger partial charge in [-0.1, -0.05) is 139 Å². The average Bonchev–Trinajstić information content (AvgIpc) is 4.08. The second-order valence-electron chi connectivity index (χ2n) is 20.5. The molecule has 0 amide bonds. The van der Waals surface area contributed by atoms with Crippen LogP contribution in [0.3, 0.4) is 0 Å². The molecule has 326 valence electrons. The summed E-state index contributed by atoms with van der Waals surface area (Å²) in [6.45, 7) is 13.6. The van der Waals surface area contributed by atoms with Crippen molar-refractivity contribution in [3.8, 4) is 28.8 Å². The number of nitrogens with zero attached hydrogens (tertiary/aromatic N) is 5. The van der Waals surface area contributed by atoms with Crippen molar-refractivity contribution in [1.82, 2.24) is 18.3 Å². The van der Waals surface area contributed by atoms with Gasteiger partial charge in [0.1, 0.15) is 6.07 Å². The summed E-state index contributed by atoms with van der Waals surface area (Å²) in [4.78, 5) is 0. The lowest BCUT2D eigenvalue weighted by atomic mass is 9.85. The maximum atomic E-state index is 10.9. The molecule has 0 N–H and O–H groups in total. The molecule has 0 spiro atoms. The van der Waals surface area contributed by atoms with E-state index >= 15 is 0 Å². The number of hydrogen-bond acceptors (Lipinski definition) is 1. The van der Waals surface area contributed by atoms with Crippen molar-refractivity contribution in [2.24, 2.45) is 0 Å². The fraction of sp³-hybridized carbons (Fsp3) is 0.127. The molecule has 13 rings (SSSR count). The van der Waals surface area contributed by atoms with Crippen molar-refractivity contribution in [3.63, 3.8) is 0 Å². The monoisotopic (exact) mass is 875 g/mol. The van der Waals surface area contributed by atoms with Crippen LogP contribution < -0.4 is 0 Å². The van der Waals surface area contributed by atoms with Crippen molar-refractivity contribution in [2.45, 2.75) is 52.4 Å². The van der Waals surface area contributed by atoms with Gasteiger partial charge in [0.25, 0.3) is 0 Å². The Morgan fingerprint density at radius 3 is 1.25 bits per heavy atom. The van der Waals surface area contributed by atoms with Crippen LogP contribution >= 0.6 is 0 Å². The Hall–Kier alpha value is -8.33. The predicted molar refractivity (Wildman–Crippen MR) is 286 cm³/mol. The van der Waals surface area contributed by atoms with Crippen molar-refractivity contribution >= 4 is 87.2 Å². The van der Waals surface area contributed by atoms with Crippen LogP contribution in [0.2, 0.25) is 0 Å². The molecular weight excluding hydrogens is 827 g/mol. The van der Waals surface area contributed by atoms with Crippen LogP contribution in [0.1, 0.15) is 58.2 Å². The van der Waals surface area contributed by atoms with Gasteiger partial charge in [-0.2, -0.15) is 5.26 Å². The highest BCUT2D eigenvalue weighted by atomic mass is 15.0. The van der Waals surface area contributed by atoms with E-state index in [2.05, 4.69) is 248 Å². The summed E-state index contributed by atoms with van der Waals surface area (Å²) >= 11 is 0. The third-order valence-corrected chi connectivity index (χ3v) is 14.5. The predicted octanol–water partition coefficient (Wildman–Crippen LogP) is 16.5. The van der Waals surface area contributed by atoms with E-state index in [-0.39, 0.29) is 10.8 Å². The van der Waals surface area contributed by atoms with Gasteiger partial charge in [0, 0.05) is 60.2 Å². The molecule has 0 aliphatic rings. The van der Waals surface area contributed by atoms with Crippen LogP contribution in [0, 0.1) is 11.3 Å². The van der Waals surface area contributed by atoms with Crippen LogP contribution in [0.25, 0.3) is 110 Å². The zero-order valence-electron chi connectivity index (χ0n) is 39.1. The minimum absolute atomic E-state index is 0.0246. The molecule has 0 aliphatic carbocycles. The fourth-order valence-corrected chi connectivity index (χ4v) is 11.2. The molecule has 0 saturated heterocycles. The molecule has 0 aliphatic heterocycles. The molecule has 13 aromatic rings. The highest BCUT2D eigenvalue weighted by molar-refractivity contribution is 6.31. The van der Waals surface area contributed by atoms with Crippen LogP contribution in [0.4, 0.5) is 0 Å². The Morgan fingerprint density at radius 1 is 0.338 bits per heavy atom. The Balaban J connectivity index is 1.13. The Bertz CT molecular complexity index is 4200. The highest BCUT2D eigenvalue weighted by Gasteiger charge is 2.26. The third-order valence-electron chi connectivity index (χ3n) is 14.5. The van der Waals surface area contributed by atoms with Crippen LogP contribution in [-0.2, 0) is 10.8 Å². The van der Waals surface area contributed by atoms with Gasteiger partial charge in [-0.05, 0) is 113 Å². The number of aromatic nitrogens is 4. The van der Waals surface area contributed by atoms with E-state index < -0.39 is 0 Å². The number of para-hydroxylation sites is 4. The topological polar surface area (TPSA) is 43.5 Å². The van der Waals surface area contributed by atoms with Crippen LogP contribution in [-0.4, -0.2) is 18.3 Å². The average molecular weight is 876 g/mol. The van der Waals surface area contributed by atoms with E-state index in [1.54, 1.807) is 0 Å². The standard InChI is InChI=1S/C63H49N5/c1-62(2,3)40-26-31-53-49(35-40)50-36-41(63(4,5)6)27-32-54(50)68(53)57-37-44(28-25-39(57)38-64)66-52-24-16-14-22-48(52)59-56(66)34-30-46-45-29-33-55-58(60(45)67(61(46)59)43-19-11-8-12-20-43)47-21-13-15-23-51(47)65(55)42-17-9-7-10-18-42/h7-37H,1-6H3. The largest absolute Gasteiger partial charge is 0.309 e. The van der Waals surface area contributed by atoms with E-state index in [1.165, 1.54) is 76.3 Å². The first-order valence-corrected chi connectivity index (χ1v) is 23.7. The van der Waals surface area contributed by atoms with Gasteiger partial charge in [-0.3, -0.25) is 0 Å². The fourth-order valence-electron chi connectivity index (χ4n) is 11.2. The first-order chi connectivity index (χ1) is 33.0. The quantitative estimate of drug-likeness (QED) is 0.174. The summed E-state index contributed by atoms with van der Waals surface area (Å²) in [5, 5.41) is 20.5. The van der Waals surface area contributed by atoms with Gasteiger partial charge in [-0.25, -0.2) is 0 Å². The summed E-state index contributed by atoms with van der Waals surface area (Å²) in [5.41, 5.74) is 16.3. The maximum absolute atomic E-state index is 10.9. The van der Waals surface area contributed by atoms with E-state index in [0.29, 0.717) is 5.56 Å². The minimum Gasteiger partial charge on any atom is -0.309 e. The molecular formula is C63H49N5. The van der Waals surface area contributed by atoms with Gasteiger partial charge >= 0.3 is 0 Å². The zero-order chi connectivity index (χ0) is 46.2. The summed E-state index contributed by atoms with van der Waals surface area (Å²) < 4.78 is 9.66. The molecule has 0 fully saturated rings. The molecule has 5 heteroatoms. The molecule has 0 atom stereocenters. The van der Waals surface area contributed by atoms with E-state index in [1.807, 2.05) is 6.07 Å². The maximum Gasteiger partial charge on any atom is 0.101 e. The van der Waals surface area contributed by atoms with Crippen molar-refractivity contribution < 1.29 is 0 Å². The number of nitriles is 1. The molecule has 0 bridgehead atoms. The molecule has 5 nitrogen and oxygen atoms in total. The van der Waals surface area contributed by atoms with Crippen molar-refractivity contribution in [2.75, 3.05) is 0 Å². The van der Waals surface area contributed by atoms with Gasteiger partial charge in [0.05, 0.1) is 55.4 Å². The SMILES string of the molecule is CC(C)(C)c1ccc2c(c1)c1cc(C(C)(C)C)ccc1n2-c1cc(-n2c3ccccc3c3c2ccc2c4ccc5c(c6ccccc6n5-c5ccccc5)c4n(-c4ccccc4)c23)ccc1C#N. The smallest absolute Gasteiger partial charge is 0.101 e. The Morgan fingerprint density at radius 2 is 0.765 bits per heavy atom. The van der Waals surface area contributed by atoms with Crippen LogP contribution in [0.15, 0.2) is 188 Å². The van der Waals surface area contributed by atoms with Crippen molar-refractivity contribution in [1.29, 1.82) is 5.26 Å². The lowest BCUT2D eigenvalue weighted by Gasteiger charge is -2.19. The van der Waals surface area contributed by atoms with Gasteiger partial charge in [-0.15, -0.1) is 0 Å².